The molecule has 2 rings (SSSR count). The number of alkyl halides is 1. The highest BCUT2D eigenvalue weighted by Gasteiger charge is 2.28. The first kappa shape index (κ1) is 14.7. The number of halogens is 2. The van der Waals surface area contributed by atoms with Gasteiger partial charge in [-0.2, -0.15) is 0 Å². The van der Waals surface area contributed by atoms with E-state index in [2.05, 4.69) is 21.2 Å². The molecule has 3 nitrogen and oxygen atoms in total. The maximum Gasteiger partial charge on any atom is 0.251 e. The van der Waals surface area contributed by atoms with Gasteiger partial charge in [0.05, 0.1) is 11.6 Å². The van der Waals surface area contributed by atoms with Crippen LogP contribution >= 0.6 is 27.5 Å². The summed E-state index contributed by atoms with van der Waals surface area (Å²) < 4.78 is 5.93. The fourth-order valence-electron chi connectivity index (χ4n) is 2.47. The van der Waals surface area contributed by atoms with Crippen molar-refractivity contribution in [2.75, 3.05) is 13.0 Å². The zero-order valence-electron chi connectivity index (χ0n) is 10.8. The summed E-state index contributed by atoms with van der Waals surface area (Å²) in [5, 5.41) is 3.08. The lowest BCUT2D eigenvalue weighted by molar-refractivity contribution is 0.0930. The van der Waals surface area contributed by atoms with Crippen molar-refractivity contribution in [2.45, 2.75) is 25.3 Å². The third kappa shape index (κ3) is 3.42. The summed E-state index contributed by atoms with van der Waals surface area (Å²) in [6.07, 6.45) is 3.25. The van der Waals surface area contributed by atoms with Gasteiger partial charge in [0.2, 0.25) is 0 Å². The molecule has 2 atom stereocenters. The molecule has 0 spiro atoms. The lowest BCUT2D eigenvalue weighted by Gasteiger charge is -2.19. The van der Waals surface area contributed by atoms with Gasteiger partial charge in [0, 0.05) is 17.5 Å². The van der Waals surface area contributed by atoms with Gasteiger partial charge in [-0.1, -0.05) is 6.42 Å². The van der Waals surface area contributed by atoms with Crippen LogP contribution in [0.5, 0.6) is 5.75 Å². The Bertz CT molecular complexity index is 467. The van der Waals surface area contributed by atoms with Crippen molar-refractivity contribution in [3.8, 4) is 5.75 Å². The predicted molar refractivity (Wildman–Crippen MR) is 80.0 cm³/mol. The molecule has 5 heteroatoms. The number of nitrogens with one attached hydrogen (secondary N) is 1. The van der Waals surface area contributed by atoms with E-state index >= 15 is 0 Å². The highest BCUT2D eigenvalue weighted by Crippen LogP contribution is 2.28. The first-order valence-electron chi connectivity index (χ1n) is 6.36. The second kappa shape index (κ2) is 6.62. The molecule has 1 fully saturated rings. The number of rotatable bonds is 4. The van der Waals surface area contributed by atoms with Gasteiger partial charge >= 0.3 is 0 Å². The van der Waals surface area contributed by atoms with Gasteiger partial charge in [-0.3, -0.25) is 4.79 Å². The minimum atomic E-state index is -0.0506. The molecule has 0 aliphatic heterocycles. The predicted octanol–water partition coefficient (Wildman–Crippen LogP) is 3.60. The Hall–Kier alpha value is -0.740. The standard InChI is InChI=1S/C14H17BrClNO2/c1-19-13-6-5-9(7-11(13)15)14(18)17-12-4-2-3-10(12)8-16/h5-7,10,12H,2-4,8H2,1H3,(H,17,18). The normalized spacial score (nSPS) is 22.3. The number of hydrogen-bond acceptors (Lipinski definition) is 2. The fraction of sp³-hybridized carbons (Fsp3) is 0.500. The number of ether oxygens (including phenoxy) is 1. The van der Waals surface area contributed by atoms with Crippen molar-refractivity contribution in [2.24, 2.45) is 5.92 Å². The van der Waals surface area contributed by atoms with Crippen LogP contribution in [0.25, 0.3) is 0 Å². The number of carbonyl (C=O) groups is 1. The van der Waals surface area contributed by atoms with E-state index in [4.69, 9.17) is 16.3 Å². The Morgan fingerprint density at radius 1 is 1.53 bits per heavy atom. The summed E-state index contributed by atoms with van der Waals surface area (Å²) in [7, 11) is 1.60. The molecule has 1 amide bonds. The van der Waals surface area contributed by atoms with Crippen molar-refractivity contribution in [3.05, 3.63) is 28.2 Å². The Morgan fingerprint density at radius 2 is 2.32 bits per heavy atom. The molecule has 1 saturated carbocycles. The molecule has 0 radical (unpaired) electrons. The van der Waals surface area contributed by atoms with Crippen molar-refractivity contribution >= 4 is 33.4 Å². The van der Waals surface area contributed by atoms with Crippen LogP contribution in [0.2, 0.25) is 0 Å². The quantitative estimate of drug-likeness (QED) is 0.846. The Kier molecular flexibility index (Phi) is 5.11. The average Bonchev–Trinajstić information content (AvgIpc) is 2.85. The zero-order valence-corrected chi connectivity index (χ0v) is 13.1. The highest BCUT2D eigenvalue weighted by atomic mass is 79.9. The van der Waals surface area contributed by atoms with Crippen LogP contribution in [-0.2, 0) is 0 Å². The largest absolute Gasteiger partial charge is 0.496 e. The second-order valence-electron chi connectivity index (χ2n) is 4.77. The molecule has 0 bridgehead atoms. The van der Waals surface area contributed by atoms with Gasteiger partial charge in [-0.15, -0.1) is 11.6 Å². The van der Waals surface area contributed by atoms with E-state index < -0.39 is 0 Å². The van der Waals surface area contributed by atoms with E-state index in [9.17, 15) is 4.79 Å². The first-order chi connectivity index (χ1) is 9.15. The van der Waals surface area contributed by atoms with Crippen molar-refractivity contribution in [3.63, 3.8) is 0 Å². The molecule has 0 aromatic heterocycles. The number of hydrogen-bond donors (Lipinski definition) is 1. The van der Waals surface area contributed by atoms with E-state index in [1.807, 2.05) is 0 Å². The molecule has 1 aromatic rings. The summed E-state index contributed by atoms with van der Waals surface area (Å²) in [6.45, 7) is 0. The summed E-state index contributed by atoms with van der Waals surface area (Å²) in [5.41, 5.74) is 0.632. The Balaban J connectivity index is 2.05. The van der Waals surface area contributed by atoms with Gasteiger partial charge in [-0.25, -0.2) is 0 Å². The SMILES string of the molecule is COc1ccc(C(=O)NC2CCCC2CCl)cc1Br. The van der Waals surface area contributed by atoms with Crippen molar-refractivity contribution in [1.82, 2.24) is 5.32 Å². The van der Waals surface area contributed by atoms with Crippen LogP contribution in [0.4, 0.5) is 0 Å². The van der Waals surface area contributed by atoms with E-state index in [-0.39, 0.29) is 11.9 Å². The molecular formula is C14H17BrClNO2. The minimum Gasteiger partial charge on any atom is -0.496 e. The van der Waals surface area contributed by atoms with Gasteiger partial charge in [0.1, 0.15) is 5.75 Å². The molecular weight excluding hydrogens is 330 g/mol. The van der Waals surface area contributed by atoms with E-state index in [0.29, 0.717) is 17.4 Å². The number of methoxy groups -OCH3 is 1. The van der Waals surface area contributed by atoms with Gasteiger partial charge in [-0.05, 0) is 52.9 Å². The highest BCUT2D eigenvalue weighted by molar-refractivity contribution is 9.10. The van der Waals surface area contributed by atoms with Crippen molar-refractivity contribution < 1.29 is 9.53 Å². The van der Waals surface area contributed by atoms with Gasteiger partial charge in [0.15, 0.2) is 0 Å². The molecule has 104 valence electrons. The average molecular weight is 347 g/mol. The molecule has 0 heterocycles. The van der Waals surface area contributed by atoms with Crippen LogP contribution in [0, 0.1) is 5.92 Å². The summed E-state index contributed by atoms with van der Waals surface area (Å²) in [6, 6.07) is 5.53. The minimum absolute atomic E-state index is 0.0506. The third-order valence-corrected chi connectivity index (χ3v) is 4.60. The summed E-state index contributed by atoms with van der Waals surface area (Å²) >= 11 is 9.31. The lowest BCUT2D eigenvalue weighted by Crippen LogP contribution is -2.37. The molecule has 19 heavy (non-hydrogen) atoms. The molecule has 1 aliphatic rings. The van der Waals surface area contributed by atoms with E-state index in [1.54, 1.807) is 25.3 Å². The second-order valence-corrected chi connectivity index (χ2v) is 5.94. The lowest BCUT2D eigenvalue weighted by atomic mass is 10.1. The number of amides is 1. The molecule has 1 N–H and O–H groups in total. The first-order valence-corrected chi connectivity index (χ1v) is 7.69. The van der Waals surface area contributed by atoms with Crippen LogP contribution in [-0.4, -0.2) is 24.9 Å². The molecule has 1 aromatic carbocycles. The Morgan fingerprint density at radius 3 is 2.95 bits per heavy atom. The molecule has 0 saturated heterocycles. The maximum absolute atomic E-state index is 12.2. The number of benzene rings is 1. The molecule has 1 aliphatic carbocycles. The van der Waals surface area contributed by atoms with E-state index in [0.717, 1.165) is 29.5 Å². The third-order valence-electron chi connectivity index (χ3n) is 3.59. The van der Waals surface area contributed by atoms with Gasteiger partial charge < -0.3 is 10.1 Å². The van der Waals surface area contributed by atoms with Crippen LogP contribution in [0.3, 0.4) is 0 Å². The summed E-state index contributed by atoms with van der Waals surface area (Å²) in [5.74, 6) is 1.67. The zero-order chi connectivity index (χ0) is 13.8. The number of carbonyl (C=O) groups excluding carboxylic acids is 1. The van der Waals surface area contributed by atoms with Crippen molar-refractivity contribution in [1.29, 1.82) is 0 Å². The topological polar surface area (TPSA) is 38.3 Å². The van der Waals surface area contributed by atoms with Crippen LogP contribution < -0.4 is 10.1 Å². The van der Waals surface area contributed by atoms with Gasteiger partial charge in [0.25, 0.3) is 5.91 Å². The molecule has 2 unspecified atom stereocenters. The monoisotopic (exact) mass is 345 g/mol. The van der Waals surface area contributed by atoms with Crippen LogP contribution in [0.1, 0.15) is 29.6 Å². The van der Waals surface area contributed by atoms with Crippen LogP contribution in [0.15, 0.2) is 22.7 Å². The Labute approximate surface area is 126 Å². The summed E-state index contributed by atoms with van der Waals surface area (Å²) in [4.78, 5) is 12.2. The van der Waals surface area contributed by atoms with E-state index in [1.165, 1.54) is 0 Å². The maximum atomic E-state index is 12.2. The smallest absolute Gasteiger partial charge is 0.251 e. The fourth-order valence-corrected chi connectivity index (χ4v) is 3.38.